The smallest absolute Gasteiger partial charge is 0.342 e. The minimum absolute atomic E-state index is 0.0756. The van der Waals surface area contributed by atoms with Crippen molar-refractivity contribution in [1.29, 1.82) is 0 Å². The van der Waals surface area contributed by atoms with Gasteiger partial charge in [-0.25, -0.2) is 4.79 Å². The summed E-state index contributed by atoms with van der Waals surface area (Å²) in [4.78, 5) is 12.2. The maximum atomic E-state index is 12.2. The predicted molar refractivity (Wildman–Crippen MR) is 85.3 cm³/mol. The van der Waals surface area contributed by atoms with Gasteiger partial charge in [-0.05, 0) is 44.2 Å². The summed E-state index contributed by atoms with van der Waals surface area (Å²) >= 11 is 0. The Hall–Kier alpha value is -1.97. The van der Waals surface area contributed by atoms with Gasteiger partial charge in [-0.2, -0.15) is 0 Å². The number of carbonyl (C=O) groups is 1. The standard InChI is InChI=1S/C18H24O4/c1-3-5-7-8-13-10-12-11-15(19)14(9-6-4-2)17(20)16(12)18(21)22-13/h3,5,11,13,19-20H,4,6-10H2,1-2H3/t13-/m1/s1. The lowest BCUT2D eigenvalue weighted by Crippen LogP contribution is -2.28. The topological polar surface area (TPSA) is 66.8 Å². The number of phenols is 2. The van der Waals surface area contributed by atoms with Gasteiger partial charge in [-0.15, -0.1) is 0 Å². The number of benzene rings is 1. The molecule has 1 aromatic carbocycles. The Morgan fingerprint density at radius 3 is 2.86 bits per heavy atom. The Labute approximate surface area is 131 Å². The third kappa shape index (κ3) is 3.43. The molecule has 1 aliphatic heterocycles. The summed E-state index contributed by atoms with van der Waals surface area (Å²) in [5.74, 6) is -0.520. The Morgan fingerprint density at radius 1 is 1.41 bits per heavy atom. The van der Waals surface area contributed by atoms with E-state index in [1.54, 1.807) is 6.07 Å². The summed E-state index contributed by atoms with van der Waals surface area (Å²) in [6, 6.07) is 1.61. The summed E-state index contributed by atoms with van der Waals surface area (Å²) < 4.78 is 5.43. The van der Waals surface area contributed by atoms with Crippen molar-refractivity contribution in [2.75, 3.05) is 0 Å². The maximum Gasteiger partial charge on any atom is 0.342 e. The van der Waals surface area contributed by atoms with Crippen molar-refractivity contribution < 1.29 is 19.7 Å². The summed E-state index contributed by atoms with van der Waals surface area (Å²) in [6.07, 6.45) is 8.28. The van der Waals surface area contributed by atoms with Gasteiger partial charge in [0.05, 0.1) is 0 Å². The van der Waals surface area contributed by atoms with Crippen LogP contribution in [0.1, 0.15) is 61.0 Å². The maximum absolute atomic E-state index is 12.2. The third-order valence-corrected chi connectivity index (χ3v) is 4.06. The molecule has 0 unspecified atom stereocenters. The van der Waals surface area contributed by atoms with Gasteiger partial charge in [0.25, 0.3) is 0 Å². The van der Waals surface area contributed by atoms with Gasteiger partial charge in [0, 0.05) is 12.0 Å². The van der Waals surface area contributed by atoms with Gasteiger partial charge in [0.2, 0.25) is 0 Å². The van der Waals surface area contributed by atoms with Gasteiger partial charge in [-0.3, -0.25) is 0 Å². The van der Waals surface area contributed by atoms with Crippen molar-refractivity contribution in [3.05, 3.63) is 34.9 Å². The van der Waals surface area contributed by atoms with Crippen LogP contribution in [-0.4, -0.2) is 22.3 Å². The fraction of sp³-hybridized carbons (Fsp3) is 0.500. The van der Waals surface area contributed by atoms with Crippen LogP contribution in [0.15, 0.2) is 18.2 Å². The molecule has 1 aromatic rings. The highest BCUT2D eigenvalue weighted by molar-refractivity contribution is 5.96. The zero-order valence-corrected chi connectivity index (χ0v) is 13.3. The largest absolute Gasteiger partial charge is 0.508 e. The molecule has 2 rings (SSSR count). The molecule has 120 valence electrons. The van der Waals surface area contributed by atoms with Crippen LogP contribution in [-0.2, 0) is 17.6 Å². The quantitative estimate of drug-likeness (QED) is 0.618. The average molecular weight is 304 g/mol. The number of phenolic OH excluding ortho intramolecular Hbond substituents is 2. The van der Waals surface area contributed by atoms with Gasteiger partial charge >= 0.3 is 5.97 Å². The highest BCUT2D eigenvalue weighted by Crippen LogP contribution is 2.38. The van der Waals surface area contributed by atoms with Crippen LogP contribution in [0.2, 0.25) is 0 Å². The Balaban J connectivity index is 2.26. The Morgan fingerprint density at radius 2 is 2.18 bits per heavy atom. The van der Waals surface area contributed by atoms with E-state index in [-0.39, 0.29) is 23.2 Å². The number of fused-ring (bicyclic) bond motifs is 1. The van der Waals surface area contributed by atoms with E-state index < -0.39 is 5.97 Å². The number of hydrogen-bond donors (Lipinski definition) is 2. The summed E-state index contributed by atoms with van der Waals surface area (Å²) in [6.45, 7) is 3.99. The number of unbranched alkanes of at least 4 members (excludes halogenated alkanes) is 1. The number of allylic oxidation sites excluding steroid dienone is 2. The number of esters is 1. The van der Waals surface area contributed by atoms with Crippen molar-refractivity contribution in [3.63, 3.8) is 0 Å². The van der Waals surface area contributed by atoms with Crippen molar-refractivity contribution in [2.24, 2.45) is 0 Å². The monoisotopic (exact) mass is 304 g/mol. The molecule has 0 aromatic heterocycles. The first kappa shape index (κ1) is 16.4. The molecule has 0 aliphatic carbocycles. The molecule has 2 N–H and O–H groups in total. The van der Waals surface area contributed by atoms with E-state index >= 15 is 0 Å². The molecule has 1 aliphatic rings. The van der Waals surface area contributed by atoms with Crippen LogP contribution < -0.4 is 0 Å². The molecule has 0 spiro atoms. The number of aromatic hydroxyl groups is 2. The Bertz CT molecular complexity index is 575. The first-order chi connectivity index (χ1) is 10.6. The lowest BCUT2D eigenvalue weighted by atomic mass is 9.91. The summed E-state index contributed by atoms with van der Waals surface area (Å²) in [7, 11) is 0. The molecule has 1 heterocycles. The zero-order valence-electron chi connectivity index (χ0n) is 13.3. The van der Waals surface area contributed by atoms with Crippen LogP contribution in [0.3, 0.4) is 0 Å². The van der Waals surface area contributed by atoms with E-state index in [4.69, 9.17) is 4.74 Å². The van der Waals surface area contributed by atoms with E-state index in [0.29, 0.717) is 24.0 Å². The lowest BCUT2D eigenvalue weighted by molar-refractivity contribution is 0.0235. The van der Waals surface area contributed by atoms with Crippen LogP contribution in [0.4, 0.5) is 0 Å². The highest BCUT2D eigenvalue weighted by Gasteiger charge is 2.31. The molecule has 1 atom stereocenters. The van der Waals surface area contributed by atoms with Crippen LogP contribution in [0.5, 0.6) is 11.5 Å². The van der Waals surface area contributed by atoms with E-state index in [2.05, 4.69) is 0 Å². The average Bonchev–Trinajstić information content (AvgIpc) is 2.46. The van der Waals surface area contributed by atoms with Crippen LogP contribution >= 0.6 is 0 Å². The van der Waals surface area contributed by atoms with Gasteiger partial charge in [0.15, 0.2) is 0 Å². The second-order valence-electron chi connectivity index (χ2n) is 5.74. The number of cyclic esters (lactones) is 1. The molecule has 0 amide bonds. The highest BCUT2D eigenvalue weighted by atomic mass is 16.5. The molecule has 0 saturated carbocycles. The van der Waals surface area contributed by atoms with E-state index in [9.17, 15) is 15.0 Å². The predicted octanol–water partition coefficient (Wildman–Crippen LogP) is 3.88. The number of carbonyl (C=O) groups excluding carboxylic acids is 1. The van der Waals surface area contributed by atoms with Crippen molar-refractivity contribution in [1.82, 2.24) is 0 Å². The second kappa shape index (κ2) is 7.34. The molecule has 0 bridgehead atoms. The normalized spacial score (nSPS) is 17.5. The minimum Gasteiger partial charge on any atom is -0.508 e. The number of ether oxygens (including phenoxy) is 1. The van der Waals surface area contributed by atoms with Crippen molar-refractivity contribution >= 4 is 5.97 Å². The molecule has 4 nitrogen and oxygen atoms in total. The van der Waals surface area contributed by atoms with Gasteiger partial charge in [0.1, 0.15) is 23.2 Å². The first-order valence-electron chi connectivity index (χ1n) is 7.97. The zero-order chi connectivity index (χ0) is 16.1. The second-order valence-corrected chi connectivity index (χ2v) is 5.74. The molecular weight excluding hydrogens is 280 g/mol. The molecule has 0 saturated heterocycles. The van der Waals surface area contributed by atoms with E-state index in [0.717, 1.165) is 25.7 Å². The van der Waals surface area contributed by atoms with Gasteiger partial charge in [-0.1, -0.05) is 25.5 Å². The van der Waals surface area contributed by atoms with Crippen molar-refractivity contribution in [2.45, 2.75) is 58.5 Å². The van der Waals surface area contributed by atoms with Crippen LogP contribution in [0.25, 0.3) is 0 Å². The third-order valence-electron chi connectivity index (χ3n) is 4.06. The summed E-state index contributed by atoms with van der Waals surface area (Å²) in [5.41, 5.74) is 1.35. The molecule has 0 fully saturated rings. The molecule has 0 radical (unpaired) electrons. The Kier molecular flexibility index (Phi) is 5.47. The fourth-order valence-electron chi connectivity index (χ4n) is 2.84. The van der Waals surface area contributed by atoms with E-state index in [1.807, 2.05) is 26.0 Å². The summed E-state index contributed by atoms with van der Waals surface area (Å²) in [5, 5.41) is 20.5. The molecule has 22 heavy (non-hydrogen) atoms. The number of hydrogen-bond acceptors (Lipinski definition) is 4. The van der Waals surface area contributed by atoms with Crippen LogP contribution in [0, 0.1) is 0 Å². The molecule has 4 heteroatoms. The molecular formula is C18H24O4. The fourth-order valence-corrected chi connectivity index (χ4v) is 2.84. The number of rotatable bonds is 6. The van der Waals surface area contributed by atoms with E-state index in [1.165, 1.54) is 0 Å². The minimum atomic E-state index is -0.484. The van der Waals surface area contributed by atoms with Crippen molar-refractivity contribution in [3.8, 4) is 11.5 Å². The van der Waals surface area contributed by atoms with Gasteiger partial charge < -0.3 is 14.9 Å². The lowest BCUT2D eigenvalue weighted by Gasteiger charge is -2.26. The SMILES string of the molecule is CC=CCC[C@@H]1Cc2cc(O)c(CCCC)c(O)c2C(=O)O1. The first-order valence-corrected chi connectivity index (χ1v) is 7.97.